The minimum atomic E-state index is -0.271. The minimum absolute atomic E-state index is 0.183. The first-order valence-electron chi connectivity index (χ1n) is 4.63. The standard InChI is InChI=1S/C11H15NO2/c1-9(12-2)8-14-11(13)10-6-4-3-5-7-10/h3-7,9,12H,8H2,1-2H3/t9-/m1/s1. The summed E-state index contributed by atoms with van der Waals surface area (Å²) in [6.45, 7) is 2.35. The van der Waals surface area contributed by atoms with Crippen molar-refractivity contribution in [3.63, 3.8) is 0 Å². The first-order chi connectivity index (χ1) is 6.74. The molecule has 0 fully saturated rings. The average molecular weight is 193 g/mol. The molecule has 0 saturated carbocycles. The van der Waals surface area contributed by atoms with Gasteiger partial charge < -0.3 is 10.1 Å². The Morgan fingerprint density at radius 2 is 2.07 bits per heavy atom. The summed E-state index contributed by atoms with van der Waals surface area (Å²) < 4.78 is 5.08. The van der Waals surface area contributed by atoms with Gasteiger partial charge in [-0.05, 0) is 26.1 Å². The predicted octanol–water partition coefficient (Wildman–Crippen LogP) is 1.45. The van der Waals surface area contributed by atoms with Crippen molar-refractivity contribution in [1.82, 2.24) is 5.32 Å². The monoisotopic (exact) mass is 193 g/mol. The highest BCUT2D eigenvalue weighted by Gasteiger charge is 2.07. The molecular weight excluding hydrogens is 178 g/mol. The summed E-state index contributed by atoms with van der Waals surface area (Å²) in [6.07, 6.45) is 0. The molecule has 1 rings (SSSR count). The fourth-order valence-corrected chi connectivity index (χ4v) is 0.942. The predicted molar refractivity (Wildman–Crippen MR) is 55.2 cm³/mol. The number of carbonyl (C=O) groups excluding carboxylic acids is 1. The van der Waals surface area contributed by atoms with Crippen molar-refractivity contribution in [2.24, 2.45) is 0 Å². The maximum absolute atomic E-state index is 11.4. The van der Waals surface area contributed by atoms with Gasteiger partial charge in [-0.25, -0.2) is 4.79 Å². The van der Waals surface area contributed by atoms with Gasteiger partial charge in [-0.3, -0.25) is 0 Å². The lowest BCUT2D eigenvalue weighted by molar-refractivity contribution is 0.0476. The molecule has 0 saturated heterocycles. The molecule has 0 aliphatic carbocycles. The molecule has 0 aromatic heterocycles. The van der Waals surface area contributed by atoms with Crippen LogP contribution in [0.4, 0.5) is 0 Å². The molecule has 3 nitrogen and oxygen atoms in total. The van der Waals surface area contributed by atoms with Crippen LogP contribution in [-0.4, -0.2) is 25.7 Å². The number of carbonyl (C=O) groups is 1. The van der Waals surface area contributed by atoms with Crippen LogP contribution >= 0.6 is 0 Å². The zero-order chi connectivity index (χ0) is 10.4. The van der Waals surface area contributed by atoms with Crippen LogP contribution < -0.4 is 5.32 Å². The Kier molecular flexibility index (Phi) is 4.13. The highest BCUT2D eigenvalue weighted by molar-refractivity contribution is 5.89. The van der Waals surface area contributed by atoms with Crippen molar-refractivity contribution < 1.29 is 9.53 Å². The molecule has 1 aromatic rings. The summed E-state index contributed by atoms with van der Waals surface area (Å²) in [5.74, 6) is -0.271. The summed E-state index contributed by atoms with van der Waals surface area (Å²) in [4.78, 5) is 11.4. The van der Waals surface area contributed by atoms with Gasteiger partial charge in [0.2, 0.25) is 0 Å². The third-order valence-corrected chi connectivity index (χ3v) is 1.97. The van der Waals surface area contributed by atoms with E-state index in [0.717, 1.165) is 0 Å². The second kappa shape index (κ2) is 5.40. The first-order valence-corrected chi connectivity index (χ1v) is 4.63. The number of hydrogen-bond donors (Lipinski definition) is 1. The van der Waals surface area contributed by atoms with E-state index in [-0.39, 0.29) is 12.0 Å². The van der Waals surface area contributed by atoms with Gasteiger partial charge in [0.1, 0.15) is 6.61 Å². The van der Waals surface area contributed by atoms with Crippen LogP contribution in [0.15, 0.2) is 30.3 Å². The number of benzene rings is 1. The van der Waals surface area contributed by atoms with Crippen molar-refractivity contribution >= 4 is 5.97 Å². The van der Waals surface area contributed by atoms with Crippen molar-refractivity contribution in [2.45, 2.75) is 13.0 Å². The van der Waals surface area contributed by atoms with Crippen molar-refractivity contribution in [3.05, 3.63) is 35.9 Å². The molecule has 0 unspecified atom stereocenters. The van der Waals surface area contributed by atoms with Gasteiger partial charge >= 0.3 is 5.97 Å². The first kappa shape index (κ1) is 10.7. The summed E-state index contributed by atoms with van der Waals surface area (Å²) in [5.41, 5.74) is 0.593. The average Bonchev–Trinajstić information content (AvgIpc) is 2.26. The highest BCUT2D eigenvalue weighted by atomic mass is 16.5. The lowest BCUT2D eigenvalue weighted by Gasteiger charge is -2.10. The molecule has 0 radical (unpaired) electrons. The molecule has 1 aromatic carbocycles. The second-order valence-electron chi connectivity index (χ2n) is 3.15. The molecule has 0 amide bonds. The Morgan fingerprint density at radius 1 is 1.43 bits per heavy atom. The van der Waals surface area contributed by atoms with Gasteiger partial charge in [0.15, 0.2) is 0 Å². The Balaban J connectivity index is 2.44. The lowest BCUT2D eigenvalue weighted by atomic mass is 10.2. The summed E-state index contributed by atoms with van der Waals surface area (Å²) in [6, 6.07) is 9.17. The van der Waals surface area contributed by atoms with Crippen LogP contribution in [0.5, 0.6) is 0 Å². The van der Waals surface area contributed by atoms with E-state index in [1.54, 1.807) is 12.1 Å². The lowest BCUT2D eigenvalue weighted by Crippen LogP contribution is -2.28. The van der Waals surface area contributed by atoms with Crippen molar-refractivity contribution in [1.29, 1.82) is 0 Å². The van der Waals surface area contributed by atoms with E-state index in [2.05, 4.69) is 5.32 Å². The summed E-state index contributed by atoms with van der Waals surface area (Å²) in [7, 11) is 1.83. The van der Waals surface area contributed by atoms with Gasteiger partial charge in [0.05, 0.1) is 5.56 Å². The molecule has 0 aliphatic rings. The van der Waals surface area contributed by atoms with E-state index >= 15 is 0 Å². The Labute approximate surface area is 84.1 Å². The van der Waals surface area contributed by atoms with E-state index in [9.17, 15) is 4.79 Å². The number of esters is 1. The highest BCUT2D eigenvalue weighted by Crippen LogP contribution is 2.01. The molecule has 3 heteroatoms. The van der Waals surface area contributed by atoms with Gasteiger partial charge in [-0.15, -0.1) is 0 Å². The third-order valence-electron chi connectivity index (χ3n) is 1.97. The van der Waals surface area contributed by atoms with Crippen LogP contribution in [0.2, 0.25) is 0 Å². The number of ether oxygens (including phenoxy) is 1. The van der Waals surface area contributed by atoms with Crippen LogP contribution in [0.25, 0.3) is 0 Å². The number of rotatable bonds is 4. The molecule has 0 heterocycles. The molecule has 76 valence electrons. The van der Waals surface area contributed by atoms with Crippen LogP contribution in [0, 0.1) is 0 Å². The van der Waals surface area contributed by atoms with Gasteiger partial charge in [0.25, 0.3) is 0 Å². The Hall–Kier alpha value is -1.35. The SMILES string of the molecule is CN[C@H](C)COC(=O)c1ccccc1. The van der Waals surface area contributed by atoms with E-state index < -0.39 is 0 Å². The number of hydrogen-bond acceptors (Lipinski definition) is 3. The van der Waals surface area contributed by atoms with Gasteiger partial charge in [-0.2, -0.15) is 0 Å². The van der Waals surface area contributed by atoms with Gasteiger partial charge in [-0.1, -0.05) is 18.2 Å². The summed E-state index contributed by atoms with van der Waals surface area (Å²) in [5, 5.41) is 2.99. The molecule has 0 bridgehead atoms. The van der Waals surface area contributed by atoms with E-state index in [1.165, 1.54) is 0 Å². The van der Waals surface area contributed by atoms with Crippen LogP contribution in [0.1, 0.15) is 17.3 Å². The smallest absolute Gasteiger partial charge is 0.338 e. The molecule has 1 atom stereocenters. The molecule has 0 spiro atoms. The fourth-order valence-electron chi connectivity index (χ4n) is 0.942. The van der Waals surface area contributed by atoms with Crippen LogP contribution in [-0.2, 0) is 4.74 Å². The minimum Gasteiger partial charge on any atom is -0.460 e. The Bertz CT molecular complexity index is 285. The van der Waals surface area contributed by atoms with E-state index in [4.69, 9.17) is 4.74 Å². The van der Waals surface area contributed by atoms with E-state index in [1.807, 2.05) is 32.2 Å². The van der Waals surface area contributed by atoms with Crippen LogP contribution in [0.3, 0.4) is 0 Å². The normalized spacial score (nSPS) is 12.1. The van der Waals surface area contributed by atoms with Crippen molar-refractivity contribution in [3.8, 4) is 0 Å². The number of nitrogens with one attached hydrogen (secondary N) is 1. The largest absolute Gasteiger partial charge is 0.460 e. The molecular formula is C11H15NO2. The maximum Gasteiger partial charge on any atom is 0.338 e. The molecule has 0 aliphatic heterocycles. The van der Waals surface area contributed by atoms with Crippen molar-refractivity contribution in [2.75, 3.05) is 13.7 Å². The maximum atomic E-state index is 11.4. The summed E-state index contributed by atoms with van der Waals surface area (Å²) >= 11 is 0. The quantitative estimate of drug-likeness (QED) is 0.735. The van der Waals surface area contributed by atoms with Gasteiger partial charge in [0, 0.05) is 6.04 Å². The molecule has 1 N–H and O–H groups in total. The molecule has 14 heavy (non-hydrogen) atoms. The van der Waals surface area contributed by atoms with E-state index in [0.29, 0.717) is 12.2 Å². The zero-order valence-electron chi connectivity index (χ0n) is 8.49. The zero-order valence-corrected chi connectivity index (χ0v) is 8.49. The fraction of sp³-hybridized carbons (Fsp3) is 0.364. The topological polar surface area (TPSA) is 38.3 Å². The second-order valence-corrected chi connectivity index (χ2v) is 3.15. The Morgan fingerprint density at radius 3 is 2.64 bits per heavy atom. The number of likely N-dealkylation sites (N-methyl/N-ethyl adjacent to an activating group) is 1. The third kappa shape index (κ3) is 3.18.